The molecular weight excluding hydrogens is 452 g/mol. The molecule has 0 bridgehead atoms. The van der Waals surface area contributed by atoms with Crippen LogP contribution in [-0.2, 0) is 21.2 Å². The SMILES string of the molecule is CS(=O)(=O)c1ccc(-c2ccc3c(c2)COC(C2CCN(C(=O)c4ccncc4)CC2)O3)cc1. The van der Waals surface area contributed by atoms with Gasteiger partial charge in [0.15, 0.2) is 9.84 Å². The summed E-state index contributed by atoms with van der Waals surface area (Å²) in [7, 11) is -3.22. The highest BCUT2D eigenvalue weighted by Gasteiger charge is 2.33. The summed E-state index contributed by atoms with van der Waals surface area (Å²) in [6, 6.07) is 16.3. The molecule has 1 atom stereocenters. The number of benzene rings is 2. The van der Waals surface area contributed by atoms with Crippen molar-refractivity contribution >= 4 is 15.7 Å². The number of likely N-dealkylation sites (tertiary alicyclic amines) is 1. The predicted molar refractivity (Wildman–Crippen MR) is 127 cm³/mol. The summed E-state index contributed by atoms with van der Waals surface area (Å²) >= 11 is 0. The average Bonchev–Trinajstić information content (AvgIpc) is 2.88. The van der Waals surface area contributed by atoms with Gasteiger partial charge in [-0.05, 0) is 60.4 Å². The maximum atomic E-state index is 12.7. The number of rotatable bonds is 4. The van der Waals surface area contributed by atoms with Gasteiger partial charge in [0.25, 0.3) is 5.91 Å². The number of carbonyl (C=O) groups excluding carboxylic acids is 1. The van der Waals surface area contributed by atoms with Crippen LogP contribution in [0.15, 0.2) is 71.9 Å². The third kappa shape index (κ3) is 4.69. The normalized spacial score (nSPS) is 18.7. The molecule has 1 amide bonds. The van der Waals surface area contributed by atoms with Gasteiger partial charge in [0.1, 0.15) is 5.75 Å². The first-order valence-corrected chi connectivity index (χ1v) is 13.2. The number of amides is 1. The molecule has 2 aliphatic heterocycles. The fraction of sp³-hybridized carbons (Fsp3) is 0.308. The van der Waals surface area contributed by atoms with Crippen LogP contribution in [0.5, 0.6) is 5.75 Å². The quantitative estimate of drug-likeness (QED) is 0.565. The summed E-state index contributed by atoms with van der Waals surface area (Å²) in [4.78, 5) is 18.8. The summed E-state index contributed by atoms with van der Waals surface area (Å²) in [5, 5.41) is 0. The zero-order chi connectivity index (χ0) is 23.7. The molecule has 5 rings (SSSR count). The van der Waals surface area contributed by atoms with E-state index in [1.165, 1.54) is 6.26 Å². The number of aromatic nitrogens is 1. The number of hydrogen-bond acceptors (Lipinski definition) is 6. The molecule has 34 heavy (non-hydrogen) atoms. The smallest absolute Gasteiger partial charge is 0.253 e. The third-order valence-corrected chi connectivity index (χ3v) is 7.59. The Hall–Kier alpha value is -3.23. The van der Waals surface area contributed by atoms with E-state index in [-0.39, 0.29) is 18.1 Å². The molecule has 1 saturated heterocycles. The number of fused-ring (bicyclic) bond motifs is 1. The molecule has 0 radical (unpaired) electrons. The minimum absolute atomic E-state index is 0.0359. The topological polar surface area (TPSA) is 85.8 Å². The maximum Gasteiger partial charge on any atom is 0.253 e. The minimum atomic E-state index is -3.22. The predicted octanol–water partition coefficient (Wildman–Crippen LogP) is 3.94. The molecule has 0 N–H and O–H groups in total. The van der Waals surface area contributed by atoms with E-state index in [0.29, 0.717) is 30.2 Å². The van der Waals surface area contributed by atoms with Crippen molar-refractivity contribution in [1.29, 1.82) is 0 Å². The van der Waals surface area contributed by atoms with Gasteiger partial charge in [0.05, 0.1) is 11.5 Å². The van der Waals surface area contributed by atoms with Crippen LogP contribution >= 0.6 is 0 Å². The van der Waals surface area contributed by atoms with Gasteiger partial charge < -0.3 is 14.4 Å². The highest BCUT2D eigenvalue weighted by Crippen LogP contribution is 2.35. The van der Waals surface area contributed by atoms with Crippen LogP contribution in [0.1, 0.15) is 28.8 Å². The molecule has 2 aliphatic rings. The van der Waals surface area contributed by atoms with Gasteiger partial charge >= 0.3 is 0 Å². The van der Waals surface area contributed by atoms with E-state index in [4.69, 9.17) is 9.47 Å². The molecule has 0 spiro atoms. The lowest BCUT2D eigenvalue weighted by atomic mass is 9.95. The number of carbonyl (C=O) groups is 1. The van der Waals surface area contributed by atoms with Crippen LogP contribution in [-0.4, -0.2) is 49.8 Å². The van der Waals surface area contributed by atoms with E-state index >= 15 is 0 Å². The second-order valence-corrected chi connectivity index (χ2v) is 10.8. The molecule has 0 saturated carbocycles. The Morgan fingerprint density at radius 2 is 1.65 bits per heavy atom. The van der Waals surface area contributed by atoms with Crippen molar-refractivity contribution in [2.24, 2.45) is 5.92 Å². The van der Waals surface area contributed by atoms with Crippen LogP contribution in [0.25, 0.3) is 11.1 Å². The van der Waals surface area contributed by atoms with Crippen LogP contribution < -0.4 is 4.74 Å². The van der Waals surface area contributed by atoms with E-state index < -0.39 is 9.84 Å². The average molecular weight is 479 g/mol. The number of pyridine rings is 1. The van der Waals surface area contributed by atoms with E-state index in [2.05, 4.69) is 4.98 Å². The van der Waals surface area contributed by atoms with Gasteiger partial charge in [-0.15, -0.1) is 0 Å². The Labute approximate surface area is 199 Å². The van der Waals surface area contributed by atoms with Crippen LogP contribution in [0, 0.1) is 5.92 Å². The van der Waals surface area contributed by atoms with Gasteiger partial charge in [-0.1, -0.05) is 18.2 Å². The Morgan fingerprint density at radius 1 is 0.971 bits per heavy atom. The van der Waals surface area contributed by atoms with Gasteiger partial charge in [0, 0.05) is 48.8 Å². The van der Waals surface area contributed by atoms with Gasteiger partial charge in [-0.25, -0.2) is 8.42 Å². The Bertz CT molecular complexity index is 1280. The number of ether oxygens (including phenoxy) is 2. The summed E-state index contributed by atoms with van der Waals surface area (Å²) < 4.78 is 35.6. The lowest BCUT2D eigenvalue weighted by molar-refractivity contribution is -0.148. The molecule has 0 aliphatic carbocycles. The lowest BCUT2D eigenvalue weighted by Gasteiger charge is -2.37. The summed E-state index contributed by atoms with van der Waals surface area (Å²) in [5.41, 5.74) is 3.54. The van der Waals surface area contributed by atoms with Crippen molar-refractivity contribution < 1.29 is 22.7 Å². The summed E-state index contributed by atoms with van der Waals surface area (Å²) in [5.74, 6) is 1.06. The van der Waals surface area contributed by atoms with Crippen LogP contribution in [0.4, 0.5) is 0 Å². The number of nitrogens with zero attached hydrogens (tertiary/aromatic N) is 2. The highest BCUT2D eigenvalue weighted by atomic mass is 32.2. The highest BCUT2D eigenvalue weighted by molar-refractivity contribution is 7.90. The van der Waals surface area contributed by atoms with Crippen molar-refractivity contribution in [1.82, 2.24) is 9.88 Å². The van der Waals surface area contributed by atoms with Crippen molar-refractivity contribution in [3.05, 3.63) is 78.1 Å². The standard InChI is InChI=1S/C26H26N2O5S/c1-34(30,31)23-5-2-18(3-6-23)21-4-7-24-22(16-21)17-32-26(33-24)20-10-14-28(15-11-20)25(29)19-8-12-27-13-9-19/h2-9,12-13,16,20,26H,10-11,14-15,17H2,1H3. The van der Waals surface area contributed by atoms with Crippen LogP contribution in [0.2, 0.25) is 0 Å². The molecule has 3 aromatic rings. The van der Waals surface area contributed by atoms with Gasteiger partial charge in [-0.3, -0.25) is 9.78 Å². The summed E-state index contributed by atoms with van der Waals surface area (Å²) in [6.45, 7) is 1.79. The van der Waals surface area contributed by atoms with E-state index in [0.717, 1.165) is 35.3 Å². The monoisotopic (exact) mass is 478 g/mol. The molecule has 3 heterocycles. The van der Waals surface area contributed by atoms with Gasteiger partial charge in [-0.2, -0.15) is 0 Å². The molecule has 1 aromatic heterocycles. The van der Waals surface area contributed by atoms with E-state index in [1.54, 1.807) is 36.7 Å². The molecular formula is C26H26N2O5S. The first kappa shape index (κ1) is 22.6. The lowest BCUT2D eigenvalue weighted by Crippen LogP contribution is -2.44. The first-order valence-electron chi connectivity index (χ1n) is 11.3. The number of hydrogen-bond donors (Lipinski definition) is 0. The van der Waals surface area contributed by atoms with Crippen molar-refractivity contribution in [2.75, 3.05) is 19.3 Å². The van der Waals surface area contributed by atoms with Crippen LogP contribution in [0.3, 0.4) is 0 Å². The molecule has 1 unspecified atom stereocenters. The largest absolute Gasteiger partial charge is 0.464 e. The number of sulfone groups is 1. The Morgan fingerprint density at radius 3 is 2.32 bits per heavy atom. The van der Waals surface area contributed by atoms with E-state index in [1.807, 2.05) is 35.2 Å². The first-order chi connectivity index (χ1) is 16.4. The van der Waals surface area contributed by atoms with Crippen molar-refractivity contribution in [3.63, 3.8) is 0 Å². The molecule has 8 heteroatoms. The zero-order valence-electron chi connectivity index (χ0n) is 18.9. The summed E-state index contributed by atoms with van der Waals surface area (Å²) in [6.07, 6.45) is 5.79. The molecule has 7 nitrogen and oxygen atoms in total. The number of piperidine rings is 1. The molecule has 176 valence electrons. The Balaban J connectivity index is 1.22. The van der Waals surface area contributed by atoms with Crippen molar-refractivity contribution in [3.8, 4) is 16.9 Å². The fourth-order valence-electron chi connectivity index (χ4n) is 4.50. The zero-order valence-corrected chi connectivity index (χ0v) is 19.7. The van der Waals surface area contributed by atoms with E-state index in [9.17, 15) is 13.2 Å². The third-order valence-electron chi connectivity index (χ3n) is 6.46. The second-order valence-electron chi connectivity index (χ2n) is 8.78. The van der Waals surface area contributed by atoms with Crippen molar-refractivity contribution in [2.45, 2.75) is 30.6 Å². The minimum Gasteiger partial charge on any atom is -0.464 e. The molecule has 1 fully saturated rings. The molecule has 2 aromatic carbocycles. The Kier molecular flexibility index (Phi) is 6.10. The fourth-order valence-corrected chi connectivity index (χ4v) is 5.13. The van der Waals surface area contributed by atoms with Gasteiger partial charge in [0.2, 0.25) is 6.29 Å². The second kappa shape index (κ2) is 9.19. The maximum absolute atomic E-state index is 12.7.